The van der Waals surface area contributed by atoms with Crippen LogP contribution in [0.2, 0.25) is 0 Å². The van der Waals surface area contributed by atoms with E-state index in [1.54, 1.807) is 18.3 Å². The van der Waals surface area contributed by atoms with Crippen molar-refractivity contribution >= 4 is 17.6 Å². The van der Waals surface area contributed by atoms with E-state index in [9.17, 15) is 14.7 Å². The van der Waals surface area contributed by atoms with Gasteiger partial charge in [0.25, 0.3) is 0 Å². The number of amides is 1. The number of ether oxygens (including phenoxy) is 1. The Labute approximate surface area is 123 Å². The molecule has 2 N–H and O–H groups in total. The van der Waals surface area contributed by atoms with E-state index < -0.39 is 11.4 Å². The smallest absolute Gasteiger partial charge is 0.310 e. The normalized spacial score (nSPS) is 16.4. The van der Waals surface area contributed by atoms with Crippen LogP contribution >= 0.6 is 0 Å². The molecule has 1 fully saturated rings. The molecule has 1 aliphatic rings. The van der Waals surface area contributed by atoms with Crippen molar-refractivity contribution in [3.05, 3.63) is 18.3 Å². The minimum Gasteiger partial charge on any atom is -0.481 e. The molecule has 1 amide bonds. The standard InChI is InChI=1S/C15H20N2O4/c1-2-21-13-11(6-5-9-16-13)17-12(18)10-15(14(19)20)7-3-4-8-15/h5-6,9H,2-4,7-8,10H2,1H3,(H,17,18)(H,19,20). The molecule has 0 unspecified atom stereocenters. The van der Waals surface area contributed by atoms with E-state index in [0.717, 1.165) is 12.8 Å². The summed E-state index contributed by atoms with van der Waals surface area (Å²) < 4.78 is 5.34. The first-order chi connectivity index (χ1) is 10.1. The number of hydrogen-bond donors (Lipinski definition) is 2. The number of pyridine rings is 1. The fourth-order valence-corrected chi connectivity index (χ4v) is 2.76. The summed E-state index contributed by atoms with van der Waals surface area (Å²) in [6, 6.07) is 3.39. The van der Waals surface area contributed by atoms with Crippen molar-refractivity contribution in [1.82, 2.24) is 4.98 Å². The predicted molar refractivity (Wildman–Crippen MR) is 77.2 cm³/mol. The Hall–Kier alpha value is -2.11. The summed E-state index contributed by atoms with van der Waals surface area (Å²) in [7, 11) is 0. The van der Waals surface area contributed by atoms with Gasteiger partial charge in [-0.25, -0.2) is 4.98 Å². The maximum Gasteiger partial charge on any atom is 0.310 e. The first-order valence-electron chi connectivity index (χ1n) is 7.18. The fourth-order valence-electron chi connectivity index (χ4n) is 2.76. The quantitative estimate of drug-likeness (QED) is 0.840. The monoisotopic (exact) mass is 292 g/mol. The van der Waals surface area contributed by atoms with Crippen LogP contribution in [0.4, 0.5) is 5.69 Å². The van der Waals surface area contributed by atoms with E-state index in [-0.39, 0.29) is 12.3 Å². The summed E-state index contributed by atoms with van der Waals surface area (Å²) in [6.45, 7) is 2.27. The summed E-state index contributed by atoms with van der Waals surface area (Å²) in [5, 5.41) is 12.1. The van der Waals surface area contributed by atoms with Crippen LogP contribution in [0.25, 0.3) is 0 Å². The van der Waals surface area contributed by atoms with Gasteiger partial charge in [-0.1, -0.05) is 12.8 Å². The maximum absolute atomic E-state index is 12.2. The summed E-state index contributed by atoms with van der Waals surface area (Å²) in [5.74, 6) is -0.844. The number of carbonyl (C=O) groups is 2. The number of carboxylic acid groups (broad SMARTS) is 1. The number of carboxylic acids is 1. The number of rotatable bonds is 6. The van der Waals surface area contributed by atoms with Gasteiger partial charge in [-0.2, -0.15) is 0 Å². The highest BCUT2D eigenvalue weighted by atomic mass is 16.5. The predicted octanol–water partition coefficient (Wildman–Crippen LogP) is 2.45. The summed E-state index contributed by atoms with van der Waals surface area (Å²) in [4.78, 5) is 27.7. The summed E-state index contributed by atoms with van der Waals surface area (Å²) >= 11 is 0. The Kier molecular flexibility index (Phi) is 4.77. The molecule has 6 heteroatoms. The van der Waals surface area contributed by atoms with Crippen LogP contribution in [0.3, 0.4) is 0 Å². The van der Waals surface area contributed by atoms with Crippen molar-refractivity contribution in [2.24, 2.45) is 5.41 Å². The molecule has 1 saturated carbocycles. The van der Waals surface area contributed by atoms with Gasteiger partial charge in [-0.3, -0.25) is 9.59 Å². The number of anilines is 1. The molecule has 114 valence electrons. The van der Waals surface area contributed by atoms with Crippen molar-refractivity contribution in [3.63, 3.8) is 0 Å². The average molecular weight is 292 g/mol. The average Bonchev–Trinajstić information content (AvgIpc) is 2.91. The lowest BCUT2D eigenvalue weighted by atomic mass is 9.82. The van der Waals surface area contributed by atoms with Crippen molar-refractivity contribution in [3.8, 4) is 5.88 Å². The van der Waals surface area contributed by atoms with Crippen molar-refractivity contribution in [2.45, 2.75) is 39.0 Å². The van der Waals surface area contributed by atoms with E-state index in [1.165, 1.54) is 0 Å². The topological polar surface area (TPSA) is 88.5 Å². The molecule has 6 nitrogen and oxygen atoms in total. The molecule has 0 spiro atoms. The van der Waals surface area contributed by atoms with Gasteiger partial charge in [0.1, 0.15) is 5.69 Å². The van der Waals surface area contributed by atoms with Crippen LogP contribution in [0.5, 0.6) is 5.88 Å². The Morgan fingerprint density at radius 2 is 2.14 bits per heavy atom. The third-order valence-electron chi connectivity index (χ3n) is 3.84. The second-order valence-electron chi connectivity index (χ2n) is 5.31. The molecule has 0 radical (unpaired) electrons. The Morgan fingerprint density at radius 1 is 1.43 bits per heavy atom. The first-order valence-corrected chi connectivity index (χ1v) is 7.18. The van der Waals surface area contributed by atoms with Crippen LogP contribution in [0.15, 0.2) is 18.3 Å². The molecule has 2 rings (SSSR count). The molecule has 0 aromatic carbocycles. The zero-order chi connectivity index (χ0) is 15.3. The van der Waals surface area contributed by atoms with Crippen LogP contribution in [0, 0.1) is 5.41 Å². The number of nitrogens with zero attached hydrogens (tertiary/aromatic N) is 1. The molecule has 21 heavy (non-hydrogen) atoms. The number of aliphatic carboxylic acids is 1. The lowest BCUT2D eigenvalue weighted by Crippen LogP contribution is -2.32. The van der Waals surface area contributed by atoms with Gasteiger partial charge in [0.2, 0.25) is 11.8 Å². The molecule has 0 atom stereocenters. The van der Waals surface area contributed by atoms with Gasteiger partial charge in [0.15, 0.2) is 0 Å². The first kappa shape index (κ1) is 15.3. The highest BCUT2D eigenvalue weighted by molar-refractivity contribution is 5.95. The highest BCUT2D eigenvalue weighted by Crippen LogP contribution is 2.41. The van der Waals surface area contributed by atoms with Crippen molar-refractivity contribution in [1.29, 1.82) is 0 Å². The number of hydrogen-bond acceptors (Lipinski definition) is 4. The third kappa shape index (κ3) is 3.51. The maximum atomic E-state index is 12.2. The molecule has 1 aromatic rings. The van der Waals surface area contributed by atoms with Gasteiger partial charge in [-0.15, -0.1) is 0 Å². The number of aromatic nitrogens is 1. The summed E-state index contributed by atoms with van der Waals surface area (Å²) in [5.41, 5.74) is -0.444. The molecule has 1 aromatic heterocycles. The zero-order valence-electron chi connectivity index (χ0n) is 12.1. The van der Waals surface area contributed by atoms with Gasteiger partial charge in [0, 0.05) is 12.6 Å². The third-order valence-corrected chi connectivity index (χ3v) is 3.84. The van der Waals surface area contributed by atoms with Gasteiger partial charge < -0.3 is 15.2 Å². The molecule has 0 bridgehead atoms. The van der Waals surface area contributed by atoms with Crippen molar-refractivity contribution < 1.29 is 19.4 Å². The molecule has 1 aliphatic carbocycles. The second kappa shape index (κ2) is 6.56. The zero-order valence-corrected chi connectivity index (χ0v) is 12.1. The van der Waals surface area contributed by atoms with Crippen molar-refractivity contribution in [2.75, 3.05) is 11.9 Å². The lowest BCUT2D eigenvalue weighted by molar-refractivity contribution is -0.150. The van der Waals surface area contributed by atoms with Gasteiger partial charge >= 0.3 is 5.97 Å². The molecule has 0 aliphatic heterocycles. The second-order valence-corrected chi connectivity index (χ2v) is 5.31. The Balaban J connectivity index is 2.06. The lowest BCUT2D eigenvalue weighted by Gasteiger charge is -2.23. The van der Waals surface area contributed by atoms with Gasteiger partial charge in [-0.05, 0) is 31.9 Å². The SMILES string of the molecule is CCOc1ncccc1NC(=O)CC1(C(=O)O)CCCC1. The van der Waals surface area contributed by atoms with E-state index in [2.05, 4.69) is 10.3 Å². The molecule has 0 saturated heterocycles. The fraction of sp³-hybridized carbons (Fsp3) is 0.533. The van der Waals surface area contributed by atoms with Crippen LogP contribution in [-0.4, -0.2) is 28.6 Å². The number of nitrogens with one attached hydrogen (secondary N) is 1. The van der Waals surface area contributed by atoms with Crippen LogP contribution in [-0.2, 0) is 9.59 Å². The highest BCUT2D eigenvalue weighted by Gasteiger charge is 2.43. The van der Waals surface area contributed by atoms with Gasteiger partial charge in [0.05, 0.1) is 12.0 Å². The largest absolute Gasteiger partial charge is 0.481 e. The molecular formula is C15H20N2O4. The minimum absolute atomic E-state index is 0.0111. The Bertz CT molecular complexity index is 524. The molecule has 1 heterocycles. The van der Waals surface area contributed by atoms with Crippen LogP contribution < -0.4 is 10.1 Å². The minimum atomic E-state index is -0.919. The van der Waals surface area contributed by atoms with E-state index in [1.807, 2.05) is 6.92 Å². The van der Waals surface area contributed by atoms with Crippen LogP contribution in [0.1, 0.15) is 39.0 Å². The van der Waals surface area contributed by atoms with E-state index >= 15 is 0 Å². The Morgan fingerprint density at radius 3 is 2.76 bits per heavy atom. The summed E-state index contributed by atoms with van der Waals surface area (Å²) in [6.07, 6.45) is 4.40. The van der Waals surface area contributed by atoms with E-state index in [0.29, 0.717) is 31.0 Å². The molecular weight excluding hydrogens is 272 g/mol. The number of carbonyl (C=O) groups excluding carboxylic acids is 1. The van der Waals surface area contributed by atoms with E-state index in [4.69, 9.17) is 4.74 Å².